The van der Waals surface area contributed by atoms with Gasteiger partial charge in [-0.3, -0.25) is 0 Å². The van der Waals surface area contributed by atoms with E-state index in [0.717, 1.165) is 12.8 Å². The number of rotatable bonds is 4. The van der Waals surface area contributed by atoms with Crippen LogP contribution in [0, 0.1) is 0 Å². The van der Waals surface area contributed by atoms with Gasteiger partial charge in [-0.05, 0) is 19.8 Å². The Kier molecular flexibility index (Phi) is 3.70. The SMILES string of the molecule is CCS(=O)(=O)N1CCCC1COC. The van der Waals surface area contributed by atoms with Gasteiger partial charge in [-0.2, -0.15) is 4.31 Å². The van der Waals surface area contributed by atoms with E-state index >= 15 is 0 Å². The third-order valence-corrected chi connectivity index (χ3v) is 4.33. The third-order valence-electron chi connectivity index (χ3n) is 2.40. The molecule has 0 amide bonds. The summed E-state index contributed by atoms with van der Waals surface area (Å²) in [5, 5.41) is 0. The topological polar surface area (TPSA) is 46.6 Å². The van der Waals surface area contributed by atoms with Crippen LogP contribution < -0.4 is 0 Å². The van der Waals surface area contributed by atoms with Gasteiger partial charge < -0.3 is 4.74 Å². The molecule has 0 saturated carbocycles. The number of sulfonamides is 1. The van der Waals surface area contributed by atoms with Crippen LogP contribution in [0.5, 0.6) is 0 Å². The molecule has 0 aliphatic carbocycles. The molecule has 13 heavy (non-hydrogen) atoms. The summed E-state index contributed by atoms with van der Waals surface area (Å²) in [6.07, 6.45) is 1.88. The molecule has 5 heteroatoms. The van der Waals surface area contributed by atoms with Gasteiger partial charge in [-0.15, -0.1) is 0 Å². The molecule has 1 saturated heterocycles. The average Bonchev–Trinajstić information content (AvgIpc) is 2.54. The predicted molar refractivity (Wildman–Crippen MR) is 51.1 cm³/mol. The fourth-order valence-electron chi connectivity index (χ4n) is 1.70. The third kappa shape index (κ3) is 2.42. The lowest BCUT2D eigenvalue weighted by Gasteiger charge is -2.22. The number of ether oxygens (including phenoxy) is 1. The minimum absolute atomic E-state index is 0.0648. The minimum Gasteiger partial charge on any atom is -0.383 e. The summed E-state index contributed by atoms with van der Waals surface area (Å²) in [6, 6.07) is 0.0648. The van der Waals surface area contributed by atoms with Crippen molar-refractivity contribution in [2.45, 2.75) is 25.8 Å². The Bertz CT molecular complexity index is 250. The molecule has 1 aliphatic heterocycles. The Balaban J connectivity index is 2.68. The molecule has 1 rings (SSSR count). The van der Waals surface area contributed by atoms with Crippen molar-refractivity contribution in [3.05, 3.63) is 0 Å². The molecular weight excluding hydrogens is 190 g/mol. The summed E-state index contributed by atoms with van der Waals surface area (Å²) < 4.78 is 29.7. The molecule has 1 heterocycles. The monoisotopic (exact) mass is 207 g/mol. The molecule has 78 valence electrons. The minimum atomic E-state index is -3.02. The molecule has 0 aromatic carbocycles. The molecule has 4 nitrogen and oxygen atoms in total. The van der Waals surface area contributed by atoms with Crippen molar-refractivity contribution >= 4 is 10.0 Å². The maximum atomic E-state index is 11.6. The lowest BCUT2D eigenvalue weighted by Crippen LogP contribution is -2.38. The summed E-state index contributed by atoms with van der Waals surface area (Å²) >= 11 is 0. The normalized spacial score (nSPS) is 25.2. The van der Waals surface area contributed by atoms with E-state index in [4.69, 9.17) is 4.74 Å². The second-order valence-corrected chi connectivity index (χ2v) is 5.47. The van der Waals surface area contributed by atoms with Crippen LogP contribution in [0.1, 0.15) is 19.8 Å². The van der Waals surface area contributed by atoms with Gasteiger partial charge in [0.2, 0.25) is 10.0 Å². The Morgan fingerprint density at radius 3 is 2.77 bits per heavy atom. The molecule has 1 atom stereocenters. The summed E-state index contributed by atoms with van der Waals surface area (Å²) in [4.78, 5) is 0. The maximum Gasteiger partial charge on any atom is 0.214 e. The first-order chi connectivity index (χ1) is 6.11. The van der Waals surface area contributed by atoms with E-state index in [-0.39, 0.29) is 11.8 Å². The van der Waals surface area contributed by atoms with Gasteiger partial charge in [0.05, 0.1) is 12.4 Å². The number of methoxy groups -OCH3 is 1. The van der Waals surface area contributed by atoms with Crippen molar-refractivity contribution in [2.75, 3.05) is 26.0 Å². The Morgan fingerprint density at radius 1 is 1.54 bits per heavy atom. The fraction of sp³-hybridized carbons (Fsp3) is 1.00. The molecule has 0 radical (unpaired) electrons. The standard InChI is InChI=1S/C8H17NO3S/c1-3-13(10,11)9-6-4-5-8(9)7-12-2/h8H,3-7H2,1-2H3. The van der Waals surface area contributed by atoms with Crippen molar-refractivity contribution in [1.82, 2.24) is 4.31 Å². The molecule has 1 fully saturated rings. The van der Waals surface area contributed by atoms with Gasteiger partial charge in [0.25, 0.3) is 0 Å². The molecule has 0 bridgehead atoms. The van der Waals surface area contributed by atoms with Crippen LogP contribution in [0.15, 0.2) is 0 Å². The number of hydrogen-bond donors (Lipinski definition) is 0. The van der Waals surface area contributed by atoms with E-state index in [2.05, 4.69) is 0 Å². The highest BCUT2D eigenvalue weighted by Gasteiger charge is 2.32. The van der Waals surface area contributed by atoms with Crippen LogP contribution in [0.2, 0.25) is 0 Å². The van der Waals surface area contributed by atoms with E-state index in [1.807, 2.05) is 0 Å². The lowest BCUT2D eigenvalue weighted by atomic mass is 10.2. The fourth-order valence-corrected chi connectivity index (χ4v) is 3.06. The zero-order valence-corrected chi connectivity index (χ0v) is 9.01. The van der Waals surface area contributed by atoms with E-state index < -0.39 is 10.0 Å². The van der Waals surface area contributed by atoms with E-state index in [0.29, 0.717) is 13.2 Å². The van der Waals surface area contributed by atoms with Crippen LogP contribution in [0.4, 0.5) is 0 Å². The molecule has 0 spiro atoms. The Labute approximate surface area is 79.9 Å². The van der Waals surface area contributed by atoms with E-state index in [1.165, 1.54) is 0 Å². The molecular formula is C8H17NO3S. The van der Waals surface area contributed by atoms with E-state index in [1.54, 1.807) is 18.3 Å². The van der Waals surface area contributed by atoms with Crippen LogP contribution in [0.25, 0.3) is 0 Å². The van der Waals surface area contributed by atoms with Gasteiger partial charge in [-0.25, -0.2) is 8.42 Å². The van der Waals surface area contributed by atoms with Gasteiger partial charge in [-0.1, -0.05) is 0 Å². The van der Waals surface area contributed by atoms with Crippen LogP contribution in [-0.4, -0.2) is 44.8 Å². The lowest BCUT2D eigenvalue weighted by molar-refractivity contribution is 0.149. The first kappa shape index (κ1) is 10.9. The summed E-state index contributed by atoms with van der Waals surface area (Å²) in [5.41, 5.74) is 0. The van der Waals surface area contributed by atoms with E-state index in [9.17, 15) is 8.42 Å². The van der Waals surface area contributed by atoms with Gasteiger partial charge in [0.15, 0.2) is 0 Å². The zero-order chi connectivity index (χ0) is 9.90. The van der Waals surface area contributed by atoms with Gasteiger partial charge >= 0.3 is 0 Å². The molecule has 0 N–H and O–H groups in total. The predicted octanol–water partition coefficient (Wildman–Crippen LogP) is 0.447. The molecule has 0 aromatic heterocycles. The average molecular weight is 207 g/mol. The van der Waals surface area contributed by atoms with Crippen molar-refractivity contribution < 1.29 is 13.2 Å². The highest BCUT2D eigenvalue weighted by atomic mass is 32.2. The van der Waals surface area contributed by atoms with Gasteiger partial charge in [0.1, 0.15) is 0 Å². The first-order valence-corrected chi connectivity index (χ1v) is 6.21. The van der Waals surface area contributed by atoms with Crippen LogP contribution in [0.3, 0.4) is 0 Å². The van der Waals surface area contributed by atoms with Crippen molar-refractivity contribution in [1.29, 1.82) is 0 Å². The molecule has 0 aromatic rings. The molecule has 1 unspecified atom stereocenters. The Hall–Kier alpha value is -0.130. The van der Waals surface area contributed by atoms with Crippen LogP contribution in [-0.2, 0) is 14.8 Å². The van der Waals surface area contributed by atoms with Crippen molar-refractivity contribution in [3.8, 4) is 0 Å². The number of hydrogen-bond acceptors (Lipinski definition) is 3. The van der Waals surface area contributed by atoms with Crippen molar-refractivity contribution in [3.63, 3.8) is 0 Å². The molecule has 1 aliphatic rings. The summed E-state index contributed by atoms with van der Waals surface area (Å²) in [7, 11) is -1.41. The highest BCUT2D eigenvalue weighted by Crippen LogP contribution is 2.21. The smallest absolute Gasteiger partial charge is 0.214 e. The summed E-state index contributed by atoms with van der Waals surface area (Å²) in [5.74, 6) is 0.188. The largest absolute Gasteiger partial charge is 0.383 e. The van der Waals surface area contributed by atoms with Crippen molar-refractivity contribution in [2.24, 2.45) is 0 Å². The summed E-state index contributed by atoms with van der Waals surface area (Å²) in [6.45, 7) is 2.85. The van der Waals surface area contributed by atoms with Gasteiger partial charge in [0, 0.05) is 19.7 Å². The first-order valence-electron chi connectivity index (χ1n) is 4.60. The second-order valence-electron chi connectivity index (χ2n) is 3.26. The quantitative estimate of drug-likeness (QED) is 0.672. The Morgan fingerprint density at radius 2 is 2.23 bits per heavy atom. The highest BCUT2D eigenvalue weighted by molar-refractivity contribution is 7.89. The maximum absolute atomic E-state index is 11.6. The number of nitrogens with zero attached hydrogens (tertiary/aromatic N) is 1. The second kappa shape index (κ2) is 4.39. The van der Waals surface area contributed by atoms with Crippen LogP contribution >= 0.6 is 0 Å². The zero-order valence-electron chi connectivity index (χ0n) is 8.19.